The fraction of sp³-hybridized carbons (Fsp3) is 0.524. The normalized spacial score (nSPS) is 16.9. The zero-order valence-corrected chi connectivity index (χ0v) is 16.0. The van der Waals surface area contributed by atoms with Crippen molar-refractivity contribution >= 4 is 22.8 Å². The molecule has 1 atom stereocenters. The van der Waals surface area contributed by atoms with Crippen molar-refractivity contribution in [3.63, 3.8) is 0 Å². The van der Waals surface area contributed by atoms with Crippen molar-refractivity contribution in [2.75, 3.05) is 13.1 Å². The van der Waals surface area contributed by atoms with Crippen molar-refractivity contribution in [1.82, 2.24) is 10.2 Å². The van der Waals surface area contributed by atoms with Crippen LogP contribution in [0.25, 0.3) is 11.0 Å². The zero-order chi connectivity index (χ0) is 18.8. The number of carbonyl (C=O) groups excluding carboxylic acids is 2. The number of amides is 2. The summed E-state index contributed by atoms with van der Waals surface area (Å²) in [6.45, 7) is 9.33. The van der Waals surface area contributed by atoms with Gasteiger partial charge < -0.3 is 14.6 Å². The van der Waals surface area contributed by atoms with Crippen LogP contribution in [-0.4, -0.2) is 35.8 Å². The van der Waals surface area contributed by atoms with Gasteiger partial charge in [-0.1, -0.05) is 32.0 Å². The molecule has 2 aromatic rings. The Bertz CT molecular complexity index is 801. The highest BCUT2D eigenvalue weighted by molar-refractivity contribution is 5.99. The van der Waals surface area contributed by atoms with Crippen LogP contribution in [0.1, 0.15) is 49.7 Å². The van der Waals surface area contributed by atoms with Gasteiger partial charge in [0.25, 0.3) is 5.91 Å². The molecule has 1 aliphatic rings. The number of aryl methyl sites for hydroxylation is 1. The second kappa shape index (κ2) is 7.52. The summed E-state index contributed by atoms with van der Waals surface area (Å²) in [5.74, 6) is 0.850. The van der Waals surface area contributed by atoms with Crippen LogP contribution in [0.5, 0.6) is 0 Å². The Kier molecular flexibility index (Phi) is 5.35. The van der Waals surface area contributed by atoms with Gasteiger partial charge in [0.2, 0.25) is 5.91 Å². The molecule has 3 rings (SSSR count). The summed E-state index contributed by atoms with van der Waals surface area (Å²) in [6.07, 6.45) is 1.39. The van der Waals surface area contributed by atoms with Gasteiger partial charge >= 0.3 is 0 Å². The molecular weight excluding hydrogens is 328 g/mol. The van der Waals surface area contributed by atoms with Gasteiger partial charge in [0.1, 0.15) is 5.58 Å². The maximum Gasteiger partial charge on any atom is 0.289 e. The summed E-state index contributed by atoms with van der Waals surface area (Å²) in [6, 6.07) is 7.87. The summed E-state index contributed by atoms with van der Waals surface area (Å²) >= 11 is 0. The van der Waals surface area contributed by atoms with Crippen LogP contribution >= 0.6 is 0 Å². The standard InChI is InChI=1S/C21H28N2O3/c1-13(2)15(4)22-20(24)16-9-11-23(12-10-16)21(25)19-14(3)17-7-5-6-8-18(17)26-19/h5-8,13,15-16H,9-12H2,1-4H3,(H,22,24). The van der Waals surface area contributed by atoms with Gasteiger partial charge in [0.05, 0.1) is 0 Å². The average Bonchev–Trinajstić information content (AvgIpc) is 2.98. The molecule has 0 aliphatic carbocycles. The molecule has 0 saturated carbocycles. The number of piperidine rings is 1. The summed E-state index contributed by atoms with van der Waals surface area (Å²) in [4.78, 5) is 27.1. The highest BCUT2D eigenvalue weighted by Gasteiger charge is 2.30. The lowest BCUT2D eigenvalue weighted by molar-refractivity contribution is -0.127. The van der Waals surface area contributed by atoms with Crippen LogP contribution in [0, 0.1) is 18.8 Å². The van der Waals surface area contributed by atoms with E-state index in [2.05, 4.69) is 19.2 Å². The Morgan fingerprint density at radius 1 is 1.15 bits per heavy atom. The second-order valence-corrected chi connectivity index (χ2v) is 7.66. The number of carbonyl (C=O) groups is 2. The van der Waals surface area contributed by atoms with E-state index in [9.17, 15) is 9.59 Å². The van der Waals surface area contributed by atoms with E-state index in [0.29, 0.717) is 37.6 Å². The van der Waals surface area contributed by atoms with E-state index in [1.807, 2.05) is 38.1 Å². The highest BCUT2D eigenvalue weighted by atomic mass is 16.3. The van der Waals surface area contributed by atoms with Crippen LogP contribution in [0.15, 0.2) is 28.7 Å². The number of likely N-dealkylation sites (tertiary alicyclic amines) is 1. The maximum absolute atomic E-state index is 12.9. The Morgan fingerprint density at radius 3 is 2.42 bits per heavy atom. The Labute approximate surface area is 154 Å². The predicted octanol–water partition coefficient (Wildman–Crippen LogP) is 3.75. The predicted molar refractivity (Wildman–Crippen MR) is 102 cm³/mol. The van der Waals surface area contributed by atoms with Gasteiger partial charge in [-0.2, -0.15) is 0 Å². The molecule has 2 heterocycles. The minimum atomic E-state index is -0.0758. The molecule has 0 radical (unpaired) electrons. The van der Waals surface area contributed by atoms with Gasteiger partial charge in [-0.3, -0.25) is 9.59 Å². The second-order valence-electron chi connectivity index (χ2n) is 7.66. The Balaban J connectivity index is 1.63. The molecule has 26 heavy (non-hydrogen) atoms. The fourth-order valence-corrected chi connectivity index (χ4v) is 3.38. The van der Waals surface area contributed by atoms with E-state index in [-0.39, 0.29) is 23.8 Å². The molecule has 2 amide bonds. The van der Waals surface area contributed by atoms with Crippen molar-refractivity contribution in [3.8, 4) is 0 Å². The molecular formula is C21H28N2O3. The van der Waals surface area contributed by atoms with Gasteiger partial charge in [0, 0.05) is 36.0 Å². The van der Waals surface area contributed by atoms with E-state index < -0.39 is 0 Å². The molecule has 140 valence electrons. The first kappa shape index (κ1) is 18.5. The number of para-hydroxylation sites is 1. The third-order valence-electron chi connectivity index (χ3n) is 5.56. The lowest BCUT2D eigenvalue weighted by atomic mass is 9.94. The summed E-state index contributed by atoms with van der Waals surface area (Å²) in [7, 11) is 0. The summed E-state index contributed by atoms with van der Waals surface area (Å²) in [5.41, 5.74) is 1.63. The largest absolute Gasteiger partial charge is 0.451 e. The van der Waals surface area contributed by atoms with Gasteiger partial charge in [0.15, 0.2) is 5.76 Å². The first-order valence-corrected chi connectivity index (χ1v) is 9.46. The number of hydrogen-bond donors (Lipinski definition) is 1. The first-order chi connectivity index (χ1) is 12.4. The molecule has 1 aromatic heterocycles. The Hall–Kier alpha value is -2.30. The lowest BCUT2D eigenvalue weighted by Crippen LogP contribution is -2.45. The van der Waals surface area contributed by atoms with E-state index in [1.165, 1.54) is 0 Å². The number of fused-ring (bicyclic) bond motifs is 1. The maximum atomic E-state index is 12.9. The molecule has 5 nitrogen and oxygen atoms in total. The van der Waals surface area contributed by atoms with Crippen LogP contribution in [0.3, 0.4) is 0 Å². The highest BCUT2D eigenvalue weighted by Crippen LogP contribution is 2.27. The van der Waals surface area contributed by atoms with E-state index in [0.717, 1.165) is 16.5 Å². The smallest absolute Gasteiger partial charge is 0.289 e. The molecule has 0 bridgehead atoms. The number of rotatable bonds is 4. The molecule has 1 aromatic carbocycles. The summed E-state index contributed by atoms with van der Waals surface area (Å²) in [5, 5.41) is 4.07. The van der Waals surface area contributed by atoms with E-state index in [1.54, 1.807) is 4.90 Å². The van der Waals surface area contributed by atoms with Gasteiger partial charge in [-0.25, -0.2) is 0 Å². The Morgan fingerprint density at radius 2 is 1.81 bits per heavy atom. The number of benzene rings is 1. The third-order valence-corrected chi connectivity index (χ3v) is 5.56. The van der Waals surface area contributed by atoms with Gasteiger partial charge in [-0.05, 0) is 38.7 Å². The lowest BCUT2D eigenvalue weighted by Gasteiger charge is -2.32. The first-order valence-electron chi connectivity index (χ1n) is 9.46. The molecule has 0 spiro atoms. The van der Waals surface area contributed by atoms with Crippen LogP contribution in [0.2, 0.25) is 0 Å². The number of hydrogen-bond acceptors (Lipinski definition) is 3. The van der Waals surface area contributed by atoms with Crippen molar-refractivity contribution in [3.05, 3.63) is 35.6 Å². The quantitative estimate of drug-likeness (QED) is 0.907. The van der Waals surface area contributed by atoms with Crippen LogP contribution in [0.4, 0.5) is 0 Å². The topological polar surface area (TPSA) is 62.6 Å². The van der Waals surface area contributed by atoms with Crippen molar-refractivity contribution in [2.45, 2.75) is 46.6 Å². The van der Waals surface area contributed by atoms with E-state index in [4.69, 9.17) is 4.42 Å². The molecule has 1 unspecified atom stereocenters. The average molecular weight is 356 g/mol. The molecule has 1 N–H and O–H groups in total. The number of furan rings is 1. The monoisotopic (exact) mass is 356 g/mol. The van der Waals surface area contributed by atoms with Crippen LogP contribution in [-0.2, 0) is 4.79 Å². The van der Waals surface area contributed by atoms with Crippen molar-refractivity contribution in [1.29, 1.82) is 0 Å². The van der Waals surface area contributed by atoms with Gasteiger partial charge in [-0.15, -0.1) is 0 Å². The van der Waals surface area contributed by atoms with Crippen molar-refractivity contribution < 1.29 is 14.0 Å². The third kappa shape index (κ3) is 3.62. The molecule has 1 fully saturated rings. The zero-order valence-electron chi connectivity index (χ0n) is 16.0. The van der Waals surface area contributed by atoms with Crippen molar-refractivity contribution in [2.24, 2.45) is 11.8 Å². The van der Waals surface area contributed by atoms with Crippen LogP contribution < -0.4 is 5.32 Å². The molecule has 5 heteroatoms. The SMILES string of the molecule is Cc1c(C(=O)N2CCC(C(=O)NC(C)C(C)C)CC2)oc2ccccc12. The minimum absolute atomic E-state index is 0.0166. The summed E-state index contributed by atoms with van der Waals surface area (Å²) < 4.78 is 5.80. The van der Waals surface area contributed by atoms with E-state index >= 15 is 0 Å². The molecule has 1 saturated heterocycles. The number of nitrogens with one attached hydrogen (secondary N) is 1. The fourth-order valence-electron chi connectivity index (χ4n) is 3.38. The number of nitrogens with zero attached hydrogens (tertiary/aromatic N) is 1. The molecule has 1 aliphatic heterocycles. The minimum Gasteiger partial charge on any atom is -0.451 e.